The summed E-state index contributed by atoms with van der Waals surface area (Å²) in [5.41, 5.74) is 6.45. The minimum absolute atomic E-state index is 0.186. The van der Waals surface area contributed by atoms with Gasteiger partial charge in [0.25, 0.3) is 0 Å². The number of nitrogen functional groups attached to an aromatic ring is 1. The van der Waals surface area contributed by atoms with Crippen molar-refractivity contribution >= 4 is 23.0 Å². The molecule has 10 heteroatoms. The maximum atomic E-state index is 11.9. The van der Waals surface area contributed by atoms with E-state index in [2.05, 4.69) is 15.0 Å². The quantitative estimate of drug-likeness (QED) is 0.583. The molecule has 2 aromatic heterocycles. The van der Waals surface area contributed by atoms with Crippen molar-refractivity contribution in [2.45, 2.75) is 57.1 Å². The molecule has 5 atom stereocenters. The van der Waals surface area contributed by atoms with E-state index < -0.39 is 36.9 Å². The molecule has 2 aromatic rings. The Kier molecular flexibility index (Phi) is 5.23. The van der Waals surface area contributed by atoms with Crippen molar-refractivity contribution in [1.29, 1.82) is 0 Å². The second kappa shape index (κ2) is 7.94. The Morgan fingerprint density at radius 1 is 1.38 bits per heavy atom. The smallest absolute Gasteiger partial charge is 0.305 e. The molecule has 0 aliphatic carbocycles. The van der Waals surface area contributed by atoms with Crippen molar-refractivity contribution in [1.82, 2.24) is 19.5 Å². The Morgan fingerprint density at radius 3 is 2.96 bits per heavy atom. The van der Waals surface area contributed by atoms with Gasteiger partial charge in [0, 0.05) is 7.77 Å². The number of aromatic nitrogens is 4. The average molecular weight is 366 g/mol. The maximum Gasteiger partial charge on any atom is 0.305 e. The summed E-state index contributed by atoms with van der Waals surface area (Å²) in [5.74, 6) is -0.489. The van der Waals surface area contributed by atoms with Crippen LogP contribution in [0.25, 0.3) is 11.2 Å². The van der Waals surface area contributed by atoms with Gasteiger partial charge in [0.2, 0.25) is 0 Å². The zero-order chi connectivity index (χ0) is 19.6. The summed E-state index contributed by atoms with van der Waals surface area (Å²) in [4.78, 5) is 23.9. The average Bonchev–Trinajstić information content (AvgIpc) is 3.21. The van der Waals surface area contributed by atoms with Crippen LogP contribution < -0.4 is 5.73 Å². The van der Waals surface area contributed by atoms with Gasteiger partial charge < -0.3 is 25.4 Å². The Bertz CT molecular complexity index is 803. The van der Waals surface area contributed by atoms with Gasteiger partial charge in [0.1, 0.15) is 36.8 Å². The lowest BCUT2D eigenvalue weighted by molar-refractivity contribution is -0.150. The number of hydrogen-bond acceptors (Lipinski definition) is 9. The predicted molar refractivity (Wildman–Crippen MR) is 90.8 cm³/mol. The second-order valence-electron chi connectivity index (χ2n) is 6.11. The van der Waals surface area contributed by atoms with Gasteiger partial charge in [-0.25, -0.2) is 15.0 Å². The minimum Gasteiger partial charge on any atom is -0.463 e. The van der Waals surface area contributed by atoms with Gasteiger partial charge in [-0.2, -0.15) is 0 Å². The number of nitrogens with zero attached hydrogens (tertiary/aromatic N) is 4. The first kappa shape index (κ1) is 17.1. The molecule has 4 N–H and O–H groups in total. The van der Waals surface area contributed by atoms with Crippen LogP contribution in [0.15, 0.2) is 12.7 Å². The van der Waals surface area contributed by atoms with Crippen LogP contribution in [0.5, 0.6) is 0 Å². The fourth-order valence-electron chi connectivity index (χ4n) is 2.80. The molecule has 142 valence electrons. The summed E-state index contributed by atoms with van der Waals surface area (Å²) >= 11 is 0. The maximum absolute atomic E-state index is 11.9. The molecule has 0 saturated carbocycles. The Balaban J connectivity index is 1.67. The summed E-state index contributed by atoms with van der Waals surface area (Å²) in [5, 5.41) is 20.6. The van der Waals surface area contributed by atoms with E-state index in [0.717, 1.165) is 12.8 Å². The van der Waals surface area contributed by atoms with Crippen LogP contribution in [-0.4, -0.2) is 60.6 Å². The van der Waals surface area contributed by atoms with Gasteiger partial charge in [0.15, 0.2) is 17.7 Å². The molecular weight excluding hydrogens is 342 g/mol. The summed E-state index contributed by atoms with van der Waals surface area (Å²) in [6.45, 7) is 1.71. The normalized spacial score (nSPS) is 27.4. The number of aliphatic hydroxyl groups is 2. The number of rotatable bonds is 7. The topological polar surface area (TPSA) is 146 Å². The van der Waals surface area contributed by atoms with Gasteiger partial charge in [-0.1, -0.05) is 19.8 Å². The summed E-state index contributed by atoms with van der Waals surface area (Å²) in [6.07, 6.45) is -0.753. The van der Waals surface area contributed by atoms with Crippen LogP contribution in [-0.2, 0) is 14.3 Å². The number of imidazole rings is 1. The number of fused-ring (bicyclic) bond motifs is 1. The van der Waals surface area contributed by atoms with Gasteiger partial charge in [-0.3, -0.25) is 9.36 Å². The summed E-state index contributed by atoms with van der Waals surface area (Å²) in [7, 11) is 0. The van der Waals surface area contributed by atoms with E-state index >= 15 is 0 Å². The van der Waals surface area contributed by atoms with E-state index in [-0.39, 0.29) is 12.4 Å². The minimum atomic E-state index is -1.28. The van der Waals surface area contributed by atoms with E-state index in [4.69, 9.17) is 16.6 Å². The number of anilines is 1. The van der Waals surface area contributed by atoms with Gasteiger partial charge in [-0.05, 0) is 6.42 Å². The van der Waals surface area contributed by atoms with E-state index in [9.17, 15) is 15.0 Å². The highest BCUT2D eigenvalue weighted by Gasteiger charge is 2.44. The number of nitrogens with two attached hydrogens (primary N) is 1. The van der Waals surface area contributed by atoms with Crippen molar-refractivity contribution in [2.75, 3.05) is 12.3 Å². The molecule has 1 aliphatic heterocycles. The number of carbonyl (C=O) groups is 1. The first-order valence-electron chi connectivity index (χ1n) is 9.05. The highest BCUT2D eigenvalue weighted by molar-refractivity contribution is 5.81. The zero-order valence-electron chi connectivity index (χ0n) is 15.4. The third-order valence-electron chi connectivity index (χ3n) is 4.26. The molecule has 2 unspecified atom stereocenters. The highest BCUT2D eigenvalue weighted by Crippen LogP contribution is 2.32. The molecule has 0 amide bonds. The molecule has 1 aliphatic rings. The first-order valence-corrected chi connectivity index (χ1v) is 8.47. The number of ether oxygens (including phenoxy) is 2. The lowest BCUT2D eigenvalue weighted by atomic mass is 10.1. The number of esters is 1. The third-order valence-corrected chi connectivity index (χ3v) is 4.26. The molecular formula is C16H23N5O5. The highest BCUT2D eigenvalue weighted by atomic mass is 16.6. The third kappa shape index (κ3) is 3.62. The van der Waals surface area contributed by atoms with Crippen molar-refractivity contribution in [3.63, 3.8) is 0 Å². The molecule has 1 fully saturated rings. The molecule has 1 saturated heterocycles. The van der Waals surface area contributed by atoms with Crippen LogP contribution >= 0.6 is 0 Å². The van der Waals surface area contributed by atoms with Gasteiger partial charge in [0.05, 0.1) is 6.33 Å². The Labute approximate surface area is 151 Å². The van der Waals surface area contributed by atoms with E-state index in [1.165, 1.54) is 17.2 Å². The van der Waals surface area contributed by atoms with Gasteiger partial charge >= 0.3 is 5.97 Å². The number of aliphatic hydroxyl groups excluding tert-OH is 2. The Hall–Kier alpha value is -2.30. The molecule has 3 rings (SSSR count). The van der Waals surface area contributed by atoms with Crippen LogP contribution in [0.2, 0.25) is 0 Å². The summed E-state index contributed by atoms with van der Waals surface area (Å²) < 4.78 is 19.9. The van der Waals surface area contributed by atoms with Crippen LogP contribution in [0.3, 0.4) is 0 Å². The van der Waals surface area contributed by atoms with E-state index in [1.807, 2.05) is 6.92 Å². The second-order valence-corrected chi connectivity index (χ2v) is 6.11. The predicted octanol–water partition coefficient (Wildman–Crippen LogP) is 0.151. The molecule has 10 nitrogen and oxygen atoms in total. The van der Waals surface area contributed by atoms with Gasteiger partial charge in [-0.15, -0.1) is 0 Å². The Morgan fingerprint density at radius 2 is 2.19 bits per heavy atom. The molecule has 3 heterocycles. The van der Waals surface area contributed by atoms with Crippen molar-refractivity contribution in [3.8, 4) is 0 Å². The van der Waals surface area contributed by atoms with E-state index in [0.29, 0.717) is 17.6 Å². The zero-order valence-corrected chi connectivity index (χ0v) is 14.4. The van der Waals surface area contributed by atoms with Crippen LogP contribution in [0, 0.1) is 0 Å². The lowest BCUT2D eigenvalue weighted by Crippen LogP contribution is -2.34. The number of unbranched alkanes of at least 4 members (excludes halogenated alkanes) is 1. The molecule has 0 spiro atoms. The van der Waals surface area contributed by atoms with Crippen molar-refractivity contribution < 1.29 is 25.9 Å². The van der Waals surface area contributed by atoms with Crippen LogP contribution in [0.1, 0.15) is 40.2 Å². The summed E-state index contributed by atoms with van der Waals surface area (Å²) in [6, 6.07) is 0. The van der Waals surface area contributed by atoms with E-state index in [1.54, 1.807) is 0 Å². The largest absolute Gasteiger partial charge is 0.463 e. The SMILES string of the molecule is [2H]C(CCCC)C(=O)OC[C@H]1OC(n2cnc3c(N)ncnc32)[C@@H](O)[C@@H]1O. The standard InChI is InChI=1S/C16H23N5O5/c1-2-3-4-5-10(22)25-6-9-12(23)13(24)16(26-9)21-8-20-11-14(17)18-7-19-15(11)21/h7-9,12-13,16,23-24H,2-6H2,1H3,(H2,17,18,19)/t9-,12-,13+,16?/m1/s1/i5D/t5?,9-,12-,13+,16?. The van der Waals surface area contributed by atoms with Crippen molar-refractivity contribution in [2.24, 2.45) is 0 Å². The molecule has 0 aromatic carbocycles. The fourth-order valence-corrected chi connectivity index (χ4v) is 2.80. The first-order chi connectivity index (χ1) is 12.9. The number of hydrogen-bond donors (Lipinski definition) is 3. The lowest BCUT2D eigenvalue weighted by Gasteiger charge is -2.16. The fraction of sp³-hybridized carbons (Fsp3) is 0.625. The monoisotopic (exact) mass is 366 g/mol. The van der Waals surface area contributed by atoms with Crippen molar-refractivity contribution in [3.05, 3.63) is 12.7 Å². The molecule has 26 heavy (non-hydrogen) atoms. The molecule has 0 bridgehead atoms. The molecule has 0 radical (unpaired) electrons. The number of carbonyl (C=O) groups excluding carboxylic acids is 1. The van der Waals surface area contributed by atoms with Crippen LogP contribution in [0.4, 0.5) is 5.82 Å².